The largest absolute Gasteiger partial charge is 0.534 e. The van der Waals surface area contributed by atoms with E-state index in [1.54, 1.807) is 18.2 Å². The standard InChI is InChI=1S/C36H50N6O4.C25H42N6O4.C13H11F3O5S/c1-25-20-28-10-7-8-11-29(28)32(21-25)40-14-12-30-31(24-40)37-34(45-17-9-13-39-15-18-44-19-16-39)38-33(30)41-22-26(2)42(27(3)23-41)35(43)46-36(4,5)6;1-18-16-30(17-19(2)31(18)24(32)35-25(3,4)5)22-20-7-8-26-15-21(20)27-23(28-22)34-12-6-9-29-10-13-33-14-11-29;1-19-8-20-10-6-9-4-2-3-5-11(9)12(7-10)21-22(17,18)13(14,15)16/h7-8,10-11,20-21,26-27H,9,12-19,22-24H2,1-6H3;18-19,26H,6-17H2,1-5H3;2-7H,8H2,1H3/t26-,27+;18-,19+;. The van der Waals surface area contributed by atoms with Crippen LogP contribution in [0.15, 0.2) is 72.8 Å². The van der Waals surface area contributed by atoms with Crippen molar-refractivity contribution in [1.29, 1.82) is 0 Å². The predicted octanol–water partition coefficient (Wildman–Crippen LogP) is 10.5. The first-order chi connectivity index (χ1) is 49.0. The van der Waals surface area contributed by atoms with Crippen LogP contribution in [0.25, 0.3) is 21.5 Å². The fraction of sp³-hybridized carbons (Fsp3) is 0.595. The van der Waals surface area contributed by atoms with Gasteiger partial charge in [0.15, 0.2) is 12.5 Å². The first-order valence-corrected chi connectivity index (χ1v) is 37.2. The van der Waals surface area contributed by atoms with Crippen molar-refractivity contribution >= 4 is 61.2 Å². The Bertz CT molecular complexity index is 3940. The molecule has 0 aliphatic carbocycles. The number of anilines is 3. The van der Waals surface area contributed by atoms with Gasteiger partial charge in [0.2, 0.25) is 0 Å². The van der Waals surface area contributed by atoms with E-state index in [-0.39, 0.29) is 54.3 Å². The second-order valence-electron chi connectivity index (χ2n) is 29.1. The van der Waals surface area contributed by atoms with Gasteiger partial charge in [-0.15, -0.1) is 0 Å². The van der Waals surface area contributed by atoms with Gasteiger partial charge in [0.1, 0.15) is 28.6 Å². The van der Waals surface area contributed by atoms with Gasteiger partial charge in [0, 0.05) is 119 Å². The summed E-state index contributed by atoms with van der Waals surface area (Å²) in [5, 5.41) is 6.60. The van der Waals surface area contributed by atoms with E-state index in [2.05, 4.69) is 105 Å². The van der Waals surface area contributed by atoms with Crippen molar-refractivity contribution in [3.05, 3.63) is 101 Å². The summed E-state index contributed by atoms with van der Waals surface area (Å²) in [6, 6.07) is 22.7. The summed E-state index contributed by atoms with van der Waals surface area (Å²) >= 11 is 0. The third kappa shape index (κ3) is 20.8. The number of hydrogen-bond donors (Lipinski definition) is 1. The first-order valence-electron chi connectivity index (χ1n) is 35.8. The molecule has 4 atom stereocenters. The topological polar surface area (TPSA) is 238 Å². The second kappa shape index (κ2) is 34.4. The molecule has 6 aliphatic rings. The zero-order valence-corrected chi connectivity index (χ0v) is 62.5. The summed E-state index contributed by atoms with van der Waals surface area (Å²) in [7, 11) is -4.40. The zero-order valence-electron chi connectivity index (χ0n) is 61.7. The molecule has 0 unspecified atom stereocenters. The number of ether oxygens (including phenoxy) is 8. The van der Waals surface area contributed by atoms with Gasteiger partial charge >= 0.3 is 39.8 Å². The molecule has 0 radical (unpaired) electrons. The van der Waals surface area contributed by atoms with Gasteiger partial charge in [-0.1, -0.05) is 54.6 Å². The molecule has 4 aromatic carbocycles. The number of carbonyl (C=O) groups is 2. The molecule has 29 heteroatoms. The van der Waals surface area contributed by atoms with Gasteiger partial charge in [-0.25, -0.2) is 9.59 Å². The van der Waals surface area contributed by atoms with Crippen molar-refractivity contribution < 1.29 is 73.3 Å². The fourth-order valence-electron chi connectivity index (χ4n) is 13.8. The number of carbonyl (C=O) groups excluding carboxylic acids is 2. The molecule has 0 spiro atoms. The summed E-state index contributed by atoms with van der Waals surface area (Å²) in [6.07, 6.45) is 3.03. The smallest absolute Gasteiger partial charge is 0.467 e. The highest BCUT2D eigenvalue weighted by molar-refractivity contribution is 7.88. The number of methoxy groups -OCH3 is 1. The second-order valence-corrected chi connectivity index (χ2v) is 30.6. The molecule has 103 heavy (non-hydrogen) atoms. The Kier molecular flexibility index (Phi) is 26.0. The van der Waals surface area contributed by atoms with Crippen molar-refractivity contribution in [2.45, 2.75) is 156 Å². The molecule has 0 saturated carbocycles. The quantitative estimate of drug-likeness (QED) is 0.0364. The van der Waals surface area contributed by atoms with Crippen molar-refractivity contribution in [1.82, 2.24) is 44.9 Å². The monoisotopic (exact) mass is 1460 g/mol. The maximum absolute atomic E-state index is 13.1. The van der Waals surface area contributed by atoms with E-state index in [1.165, 1.54) is 52.4 Å². The van der Waals surface area contributed by atoms with Gasteiger partial charge in [-0.2, -0.15) is 41.5 Å². The van der Waals surface area contributed by atoms with Crippen LogP contribution >= 0.6 is 0 Å². The molecular formula is C74H103F3N12O13S. The Morgan fingerprint density at radius 2 is 1.09 bits per heavy atom. The van der Waals surface area contributed by atoms with Crippen LogP contribution in [0, 0.1) is 6.92 Å². The molecule has 2 amide bonds. The van der Waals surface area contributed by atoms with Crippen LogP contribution in [0.1, 0.15) is 110 Å². The lowest BCUT2D eigenvalue weighted by molar-refractivity contribution is -0.0500. The molecule has 25 nitrogen and oxygen atoms in total. The predicted molar refractivity (Wildman–Crippen MR) is 388 cm³/mol. The van der Waals surface area contributed by atoms with Crippen LogP contribution in [0.4, 0.5) is 40.1 Å². The normalized spacial score (nSPS) is 20.0. The highest BCUT2D eigenvalue weighted by Gasteiger charge is 2.49. The van der Waals surface area contributed by atoms with Gasteiger partial charge in [0.25, 0.3) is 0 Å². The van der Waals surface area contributed by atoms with Crippen LogP contribution in [-0.4, -0.2) is 233 Å². The molecule has 4 saturated heterocycles. The van der Waals surface area contributed by atoms with Crippen LogP contribution in [0.5, 0.6) is 23.5 Å². The lowest BCUT2D eigenvalue weighted by Gasteiger charge is -2.45. The van der Waals surface area contributed by atoms with Crippen molar-refractivity contribution in [2.24, 2.45) is 0 Å². The molecule has 564 valence electrons. The Labute approximate surface area is 603 Å². The van der Waals surface area contributed by atoms with Crippen molar-refractivity contribution in [2.75, 3.05) is 147 Å². The highest BCUT2D eigenvalue weighted by atomic mass is 32.2. The van der Waals surface area contributed by atoms with Crippen LogP contribution in [-0.2, 0) is 59.7 Å². The third-order valence-corrected chi connectivity index (χ3v) is 19.4. The molecular weight excluding hydrogens is 1350 g/mol. The van der Waals surface area contributed by atoms with Gasteiger partial charge in [0.05, 0.1) is 81.7 Å². The highest BCUT2D eigenvalue weighted by Crippen LogP contribution is 2.39. The van der Waals surface area contributed by atoms with E-state index in [9.17, 15) is 31.2 Å². The summed E-state index contributed by atoms with van der Waals surface area (Å²) in [5.74, 6) is 1.53. The number of alkyl halides is 3. The Morgan fingerprint density at radius 1 is 0.602 bits per heavy atom. The number of aromatic nitrogens is 4. The van der Waals surface area contributed by atoms with Crippen LogP contribution in [0.3, 0.4) is 0 Å². The lowest BCUT2D eigenvalue weighted by atomic mass is 10.00. The van der Waals surface area contributed by atoms with Crippen molar-refractivity contribution in [3.8, 4) is 23.5 Å². The molecule has 4 fully saturated rings. The minimum absolute atomic E-state index is 0.00109. The van der Waals surface area contributed by atoms with Crippen LogP contribution in [0.2, 0.25) is 0 Å². The number of aryl methyl sites for hydroxylation is 1. The number of fused-ring (bicyclic) bond motifs is 4. The van der Waals surface area contributed by atoms with E-state index < -0.39 is 32.6 Å². The number of halogens is 3. The molecule has 6 aliphatic heterocycles. The molecule has 2 aromatic heterocycles. The minimum atomic E-state index is -5.77. The third-order valence-electron chi connectivity index (χ3n) is 18.4. The molecule has 8 heterocycles. The van der Waals surface area contributed by atoms with E-state index in [1.807, 2.05) is 51.3 Å². The van der Waals surface area contributed by atoms with Crippen molar-refractivity contribution in [3.63, 3.8) is 0 Å². The Hall–Kier alpha value is -7.80. The summed E-state index contributed by atoms with van der Waals surface area (Å²) in [5.41, 5.74) is 0.313. The van der Waals surface area contributed by atoms with Gasteiger partial charge < -0.3 is 62.1 Å². The zero-order chi connectivity index (χ0) is 73.8. The van der Waals surface area contributed by atoms with Crippen LogP contribution < -0.4 is 38.4 Å². The van der Waals surface area contributed by atoms with E-state index in [0.29, 0.717) is 63.3 Å². The number of nitrogens with one attached hydrogen (secondary N) is 1. The SMILES string of the molecule is COCOc1cc(OS(=O)(=O)C(F)(F)F)c2ccccc2c1.C[C@@H]1CN(c2nc(OCCCN3CCOCC3)nc3c2CCNC3)C[C@H](C)N1C(=O)OC(C)(C)C.Cc1cc(N2CCc3c(nc(OCCCN4CCOCC4)nc3N3C[C@@H](C)N(C(=O)OC(C)(C)C)[C@@H](C)C3)C2)c2ccccc2c1. The summed E-state index contributed by atoms with van der Waals surface area (Å²) in [4.78, 5) is 61.3. The number of rotatable bonds is 18. The number of piperazine rings is 2. The Balaban J connectivity index is 0.000000177. The van der Waals surface area contributed by atoms with E-state index in [0.717, 1.165) is 140 Å². The van der Waals surface area contributed by atoms with Gasteiger partial charge in [-0.05, 0) is 137 Å². The maximum atomic E-state index is 13.1. The Morgan fingerprint density at radius 3 is 1.59 bits per heavy atom. The lowest BCUT2D eigenvalue weighted by Crippen LogP contribution is -2.60. The summed E-state index contributed by atoms with van der Waals surface area (Å²) < 4.78 is 108. The maximum Gasteiger partial charge on any atom is 0.534 e. The van der Waals surface area contributed by atoms with E-state index in [4.69, 9.17) is 57.8 Å². The minimum Gasteiger partial charge on any atom is -0.467 e. The number of nitrogens with zero attached hydrogens (tertiary/aromatic N) is 11. The molecule has 0 bridgehead atoms. The number of amides is 2. The first kappa shape index (κ1) is 77.8. The summed E-state index contributed by atoms with van der Waals surface area (Å²) in [6.45, 7) is 37.9. The fourth-order valence-corrected chi connectivity index (χ4v) is 14.3. The van der Waals surface area contributed by atoms with Gasteiger partial charge in [-0.3, -0.25) is 19.6 Å². The molecule has 6 aromatic rings. The number of benzene rings is 4. The average molecular weight is 1460 g/mol. The number of morpholine rings is 2. The average Bonchev–Trinajstić information content (AvgIpc) is 0.768. The number of hydrogen-bond acceptors (Lipinski definition) is 23. The molecule has 12 rings (SSSR count). The van der Waals surface area contributed by atoms with E-state index >= 15 is 0 Å². The molecule has 1 N–H and O–H groups in total.